The Kier molecular flexibility index (Phi) is 2.89. The van der Waals surface area contributed by atoms with E-state index in [0.29, 0.717) is 12.2 Å². The number of carbonyl (C=O) groups is 1. The van der Waals surface area contributed by atoms with Crippen molar-refractivity contribution in [1.82, 2.24) is 4.90 Å². The number of likely N-dealkylation sites (tertiary alicyclic amines) is 1. The van der Waals surface area contributed by atoms with Gasteiger partial charge >= 0.3 is 0 Å². The topological polar surface area (TPSA) is 20.3 Å². The molecule has 70 valence electrons. The first kappa shape index (κ1) is 9.72. The zero-order valence-corrected chi connectivity index (χ0v) is 8.39. The van der Waals surface area contributed by atoms with Gasteiger partial charge in [-0.2, -0.15) is 0 Å². The summed E-state index contributed by atoms with van der Waals surface area (Å²) >= 11 is 0. The van der Waals surface area contributed by atoms with E-state index in [1.807, 2.05) is 20.8 Å². The fourth-order valence-electron chi connectivity index (χ4n) is 1.89. The lowest BCUT2D eigenvalue weighted by Gasteiger charge is -2.33. The van der Waals surface area contributed by atoms with Crippen LogP contribution in [0.3, 0.4) is 0 Å². The Morgan fingerprint density at radius 3 is 2.25 bits per heavy atom. The van der Waals surface area contributed by atoms with Gasteiger partial charge in [-0.05, 0) is 39.8 Å². The van der Waals surface area contributed by atoms with Crippen molar-refractivity contribution in [3.63, 3.8) is 0 Å². The lowest BCUT2D eigenvalue weighted by atomic mass is 9.95. The van der Waals surface area contributed by atoms with Crippen LogP contribution < -0.4 is 0 Å². The second kappa shape index (κ2) is 3.56. The Bertz CT molecular complexity index is 169. The van der Waals surface area contributed by atoms with E-state index in [2.05, 4.69) is 4.90 Å². The lowest BCUT2D eigenvalue weighted by Crippen LogP contribution is -2.48. The molecule has 0 aliphatic carbocycles. The van der Waals surface area contributed by atoms with Gasteiger partial charge in [0.1, 0.15) is 0 Å². The third kappa shape index (κ3) is 1.69. The predicted octanol–water partition coefficient (Wildman–Crippen LogP) is 1.84. The normalized spacial score (nSPS) is 19.9. The lowest BCUT2D eigenvalue weighted by molar-refractivity contribution is -0.128. The van der Waals surface area contributed by atoms with Gasteiger partial charge in [0.2, 0.25) is 0 Å². The van der Waals surface area contributed by atoms with Gasteiger partial charge < -0.3 is 0 Å². The standard InChI is InChI=1S/C10H19NO/c1-4-9(12)10(2,3)11-7-5-6-8-11/h4-8H2,1-3H3. The highest BCUT2D eigenvalue weighted by molar-refractivity contribution is 5.87. The summed E-state index contributed by atoms with van der Waals surface area (Å²) in [6, 6.07) is 0. The van der Waals surface area contributed by atoms with Crippen LogP contribution in [0.25, 0.3) is 0 Å². The van der Waals surface area contributed by atoms with Crippen LogP contribution in [0.1, 0.15) is 40.0 Å². The third-order valence-electron chi connectivity index (χ3n) is 2.90. The van der Waals surface area contributed by atoms with Gasteiger partial charge in [0.15, 0.2) is 5.78 Å². The summed E-state index contributed by atoms with van der Waals surface area (Å²) in [7, 11) is 0. The van der Waals surface area contributed by atoms with Crippen LogP contribution in [0.2, 0.25) is 0 Å². The fourth-order valence-corrected chi connectivity index (χ4v) is 1.89. The molecular weight excluding hydrogens is 150 g/mol. The van der Waals surface area contributed by atoms with Crippen molar-refractivity contribution in [3.8, 4) is 0 Å². The molecule has 0 aromatic rings. The predicted molar refractivity (Wildman–Crippen MR) is 50.2 cm³/mol. The second-order valence-electron chi connectivity index (χ2n) is 4.03. The number of hydrogen-bond donors (Lipinski definition) is 0. The molecule has 0 N–H and O–H groups in total. The summed E-state index contributed by atoms with van der Waals surface area (Å²) in [5, 5.41) is 0. The highest BCUT2D eigenvalue weighted by Gasteiger charge is 2.34. The van der Waals surface area contributed by atoms with E-state index in [1.165, 1.54) is 12.8 Å². The van der Waals surface area contributed by atoms with Crippen LogP contribution in [-0.4, -0.2) is 29.3 Å². The molecule has 0 radical (unpaired) electrons. The van der Waals surface area contributed by atoms with Gasteiger partial charge in [-0.15, -0.1) is 0 Å². The molecule has 2 nitrogen and oxygen atoms in total. The molecule has 0 unspecified atom stereocenters. The van der Waals surface area contributed by atoms with Crippen molar-refractivity contribution in [2.24, 2.45) is 0 Å². The number of carbonyl (C=O) groups excluding carboxylic acids is 1. The Balaban J connectivity index is 2.62. The summed E-state index contributed by atoms with van der Waals surface area (Å²) in [5.74, 6) is 0.365. The van der Waals surface area contributed by atoms with E-state index in [4.69, 9.17) is 0 Å². The first-order chi connectivity index (χ1) is 5.59. The van der Waals surface area contributed by atoms with Crippen molar-refractivity contribution in [2.75, 3.05) is 13.1 Å². The fraction of sp³-hybridized carbons (Fsp3) is 0.900. The Labute approximate surface area is 74.9 Å². The molecule has 1 heterocycles. The first-order valence-corrected chi connectivity index (χ1v) is 4.87. The van der Waals surface area contributed by atoms with Gasteiger partial charge in [0, 0.05) is 6.42 Å². The van der Waals surface area contributed by atoms with Crippen LogP contribution in [-0.2, 0) is 4.79 Å². The van der Waals surface area contributed by atoms with Crippen LogP contribution in [0.5, 0.6) is 0 Å². The number of Topliss-reactive ketones (excluding diaryl/α,β-unsaturated/α-hetero) is 1. The molecule has 0 amide bonds. The molecule has 1 aliphatic rings. The van der Waals surface area contributed by atoms with Crippen molar-refractivity contribution in [1.29, 1.82) is 0 Å². The van der Waals surface area contributed by atoms with Crippen molar-refractivity contribution in [3.05, 3.63) is 0 Å². The number of ketones is 1. The smallest absolute Gasteiger partial charge is 0.152 e. The average molecular weight is 169 g/mol. The maximum atomic E-state index is 11.6. The average Bonchev–Trinajstić information content (AvgIpc) is 2.55. The molecule has 2 heteroatoms. The molecule has 0 saturated carbocycles. The number of nitrogens with zero attached hydrogens (tertiary/aromatic N) is 1. The minimum atomic E-state index is -0.217. The highest BCUT2D eigenvalue weighted by Crippen LogP contribution is 2.22. The third-order valence-corrected chi connectivity index (χ3v) is 2.90. The summed E-state index contributed by atoms with van der Waals surface area (Å²) in [5.41, 5.74) is -0.217. The van der Waals surface area contributed by atoms with E-state index < -0.39 is 0 Å². The molecule has 12 heavy (non-hydrogen) atoms. The summed E-state index contributed by atoms with van der Waals surface area (Å²) in [6.07, 6.45) is 3.16. The quantitative estimate of drug-likeness (QED) is 0.642. The van der Waals surface area contributed by atoms with Crippen molar-refractivity contribution in [2.45, 2.75) is 45.6 Å². The zero-order chi connectivity index (χ0) is 9.19. The molecule has 1 rings (SSSR count). The number of rotatable bonds is 3. The van der Waals surface area contributed by atoms with E-state index >= 15 is 0 Å². The maximum Gasteiger partial charge on any atom is 0.152 e. The molecular formula is C10H19NO. The minimum Gasteiger partial charge on any atom is -0.298 e. The Morgan fingerprint density at radius 2 is 1.83 bits per heavy atom. The SMILES string of the molecule is CCC(=O)C(C)(C)N1CCCC1. The van der Waals surface area contributed by atoms with E-state index in [9.17, 15) is 4.79 Å². The van der Waals surface area contributed by atoms with Gasteiger partial charge in [-0.25, -0.2) is 0 Å². The summed E-state index contributed by atoms with van der Waals surface area (Å²) in [4.78, 5) is 13.9. The van der Waals surface area contributed by atoms with Crippen molar-refractivity contribution < 1.29 is 4.79 Å². The van der Waals surface area contributed by atoms with Crippen LogP contribution in [0.4, 0.5) is 0 Å². The summed E-state index contributed by atoms with van der Waals surface area (Å²) in [6.45, 7) is 8.23. The van der Waals surface area contributed by atoms with E-state index in [0.717, 1.165) is 13.1 Å². The molecule has 0 aromatic carbocycles. The van der Waals surface area contributed by atoms with E-state index in [-0.39, 0.29) is 5.54 Å². The number of hydrogen-bond acceptors (Lipinski definition) is 2. The molecule has 1 saturated heterocycles. The largest absolute Gasteiger partial charge is 0.298 e. The van der Waals surface area contributed by atoms with E-state index in [1.54, 1.807) is 0 Å². The monoisotopic (exact) mass is 169 g/mol. The maximum absolute atomic E-state index is 11.6. The molecule has 0 bridgehead atoms. The molecule has 0 spiro atoms. The highest BCUT2D eigenvalue weighted by atomic mass is 16.1. The van der Waals surface area contributed by atoms with Crippen LogP contribution >= 0.6 is 0 Å². The molecule has 1 aliphatic heterocycles. The van der Waals surface area contributed by atoms with Gasteiger partial charge in [-0.1, -0.05) is 6.92 Å². The minimum absolute atomic E-state index is 0.217. The second-order valence-corrected chi connectivity index (χ2v) is 4.03. The first-order valence-electron chi connectivity index (χ1n) is 4.87. The Hall–Kier alpha value is -0.370. The van der Waals surface area contributed by atoms with Crippen molar-refractivity contribution >= 4 is 5.78 Å². The summed E-state index contributed by atoms with van der Waals surface area (Å²) < 4.78 is 0. The Morgan fingerprint density at radius 1 is 1.33 bits per heavy atom. The van der Waals surface area contributed by atoms with Crippen LogP contribution in [0, 0.1) is 0 Å². The van der Waals surface area contributed by atoms with Gasteiger partial charge in [-0.3, -0.25) is 9.69 Å². The van der Waals surface area contributed by atoms with Gasteiger partial charge in [0.25, 0.3) is 0 Å². The van der Waals surface area contributed by atoms with Crippen LogP contribution in [0.15, 0.2) is 0 Å². The van der Waals surface area contributed by atoms with Gasteiger partial charge in [0.05, 0.1) is 5.54 Å². The molecule has 0 aromatic heterocycles. The molecule has 0 atom stereocenters. The zero-order valence-electron chi connectivity index (χ0n) is 8.39. The molecule has 1 fully saturated rings.